The largest absolute Gasteiger partial charge is 0.505 e. The smallest absolute Gasteiger partial charge is 0.266 e. The maximum Gasteiger partial charge on any atom is 0.266 e. The van der Waals surface area contributed by atoms with E-state index in [0.717, 1.165) is 16.4 Å². The molecule has 1 aromatic heterocycles. The number of aromatic hydroxyl groups is 1. The highest BCUT2D eigenvalue weighted by molar-refractivity contribution is 7.93. The number of halogens is 1. The van der Waals surface area contributed by atoms with Crippen molar-refractivity contribution in [3.8, 4) is 5.75 Å². The number of rotatable bonds is 3. The van der Waals surface area contributed by atoms with Crippen molar-refractivity contribution in [3.05, 3.63) is 35.6 Å². The highest BCUT2D eigenvalue weighted by Gasteiger charge is 2.36. The van der Waals surface area contributed by atoms with Gasteiger partial charge in [0.05, 0.1) is 10.4 Å². The Morgan fingerprint density at radius 1 is 1.33 bits per heavy atom. The van der Waals surface area contributed by atoms with Gasteiger partial charge >= 0.3 is 0 Å². The lowest BCUT2D eigenvalue weighted by Gasteiger charge is -2.34. The van der Waals surface area contributed by atoms with E-state index in [1.54, 1.807) is 26.2 Å². The Morgan fingerprint density at radius 3 is 2.48 bits per heavy atom. The van der Waals surface area contributed by atoms with Crippen LogP contribution in [-0.4, -0.2) is 24.0 Å². The maximum atomic E-state index is 13.5. The number of hydrogen-bond acceptors (Lipinski definition) is 5. The number of hydrogen-bond donors (Lipinski definition) is 1. The van der Waals surface area contributed by atoms with Crippen molar-refractivity contribution in [2.45, 2.75) is 31.2 Å². The molecule has 1 N–H and O–H groups in total. The quantitative estimate of drug-likeness (QED) is 0.939. The minimum absolute atomic E-state index is 0.233. The van der Waals surface area contributed by atoms with Crippen molar-refractivity contribution in [1.29, 1.82) is 0 Å². The SMILES string of the molecule is CC(C)(C)N(c1nccs1)S(=O)(=O)c1ccc(O)c(F)c1. The molecule has 2 aromatic rings. The molecule has 0 radical (unpaired) electrons. The number of phenols is 1. The third-order valence-electron chi connectivity index (χ3n) is 2.66. The predicted molar refractivity (Wildman–Crippen MR) is 79.6 cm³/mol. The molecular weight excluding hydrogens is 315 g/mol. The first kappa shape index (κ1) is 15.7. The van der Waals surface area contributed by atoms with Gasteiger partial charge in [0.15, 0.2) is 16.7 Å². The molecule has 0 fully saturated rings. The molecule has 1 heterocycles. The zero-order valence-electron chi connectivity index (χ0n) is 11.7. The van der Waals surface area contributed by atoms with E-state index in [2.05, 4.69) is 4.98 Å². The van der Waals surface area contributed by atoms with E-state index < -0.39 is 27.1 Å². The summed E-state index contributed by atoms with van der Waals surface area (Å²) in [5.74, 6) is -1.57. The summed E-state index contributed by atoms with van der Waals surface area (Å²) >= 11 is 1.18. The summed E-state index contributed by atoms with van der Waals surface area (Å²) in [4.78, 5) is 3.80. The molecule has 21 heavy (non-hydrogen) atoms. The topological polar surface area (TPSA) is 70.5 Å². The van der Waals surface area contributed by atoms with Gasteiger partial charge in [-0.2, -0.15) is 0 Å². The minimum Gasteiger partial charge on any atom is -0.505 e. The van der Waals surface area contributed by atoms with Crippen molar-refractivity contribution in [3.63, 3.8) is 0 Å². The van der Waals surface area contributed by atoms with Crippen LogP contribution in [-0.2, 0) is 10.0 Å². The molecule has 8 heteroatoms. The predicted octanol–water partition coefficient (Wildman–Crippen LogP) is 2.98. The third kappa shape index (κ3) is 3.01. The van der Waals surface area contributed by atoms with Gasteiger partial charge < -0.3 is 5.11 Å². The lowest BCUT2D eigenvalue weighted by atomic mass is 10.1. The molecule has 0 saturated heterocycles. The zero-order chi connectivity index (χ0) is 15.8. The van der Waals surface area contributed by atoms with Crippen LogP contribution in [0.1, 0.15) is 20.8 Å². The van der Waals surface area contributed by atoms with E-state index in [-0.39, 0.29) is 4.90 Å². The van der Waals surface area contributed by atoms with Crippen LogP contribution >= 0.6 is 11.3 Å². The number of aromatic nitrogens is 1. The number of nitrogens with zero attached hydrogens (tertiary/aromatic N) is 2. The van der Waals surface area contributed by atoms with Gasteiger partial charge in [0, 0.05) is 11.6 Å². The first-order valence-corrected chi connectivity index (χ1v) is 8.39. The van der Waals surface area contributed by atoms with Gasteiger partial charge in [-0.15, -0.1) is 11.3 Å². The molecule has 0 unspecified atom stereocenters. The van der Waals surface area contributed by atoms with Crippen LogP contribution < -0.4 is 4.31 Å². The summed E-state index contributed by atoms with van der Waals surface area (Å²) in [7, 11) is -3.99. The highest BCUT2D eigenvalue weighted by Crippen LogP contribution is 2.33. The second-order valence-corrected chi connectivity index (χ2v) is 8.03. The van der Waals surface area contributed by atoms with Gasteiger partial charge in [-0.1, -0.05) is 0 Å². The van der Waals surface area contributed by atoms with Crippen LogP contribution in [0, 0.1) is 5.82 Å². The van der Waals surface area contributed by atoms with Crippen LogP contribution in [0.2, 0.25) is 0 Å². The normalized spacial score (nSPS) is 12.4. The monoisotopic (exact) mass is 330 g/mol. The van der Waals surface area contributed by atoms with Gasteiger partial charge in [-0.3, -0.25) is 0 Å². The van der Waals surface area contributed by atoms with Crippen molar-refractivity contribution in [2.75, 3.05) is 4.31 Å². The van der Waals surface area contributed by atoms with Crippen molar-refractivity contribution >= 4 is 26.5 Å². The Morgan fingerprint density at radius 2 is 2.00 bits per heavy atom. The van der Waals surface area contributed by atoms with Gasteiger partial charge in [0.1, 0.15) is 0 Å². The summed E-state index contributed by atoms with van der Waals surface area (Å²) in [5, 5.41) is 11.2. The van der Waals surface area contributed by atoms with Gasteiger partial charge in [0.2, 0.25) is 0 Å². The molecule has 0 bridgehead atoms. The second kappa shape index (κ2) is 5.27. The van der Waals surface area contributed by atoms with Crippen LogP contribution in [0.25, 0.3) is 0 Å². The Labute approximate surface area is 126 Å². The Balaban J connectivity index is 2.60. The molecule has 5 nitrogen and oxygen atoms in total. The number of anilines is 1. The lowest BCUT2D eigenvalue weighted by Crippen LogP contribution is -2.45. The third-order valence-corrected chi connectivity index (χ3v) is 5.58. The van der Waals surface area contributed by atoms with Crippen molar-refractivity contribution in [1.82, 2.24) is 4.98 Å². The van der Waals surface area contributed by atoms with Crippen molar-refractivity contribution in [2.24, 2.45) is 0 Å². The molecule has 0 aliphatic carbocycles. The van der Waals surface area contributed by atoms with Crippen LogP contribution in [0.3, 0.4) is 0 Å². The molecule has 2 rings (SSSR count). The Hall–Kier alpha value is -1.67. The van der Waals surface area contributed by atoms with Crippen LogP contribution in [0.4, 0.5) is 9.52 Å². The first-order chi connectivity index (χ1) is 9.64. The van der Waals surface area contributed by atoms with E-state index >= 15 is 0 Å². The molecule has 0 amide bonds. The fourth-order valence-corrected chi connectivity index (χ4v) is 4.66. The van der Waals surface area contributed by atoms with E-state index in [1.165, 1.54) is 23.6 Å². The summed E-state index contributed by atoms with van der Waals surface area (Å²) in [6.45, 7) is 5.17. The molecule has 0 aliphatic rings. The first-order valence-electron chi connectivity index (χ1n) is 6.07. The number of phenolic OH excluding ortho intramolecular Hbond substituents is 1. The molecule has 1 aromatic carbocycles. The summed E-state index contributed by atoms with van der Waals surface area (Å²) in [5.41, 5.74) is -0.773. The molecule has 114 valence electrons. The second-order valence-electron chi connectivity index (χ2n) is 5.37. The molecule has 0 saturated carbocycles. The van der Waals surface area contributed by atoms with E-state index in [1.807, 2.05) is 0 Å². The fraction of sp³-hybridized carbons (Fsp3) is 0.308. The number of sulfonamides is 1. The Bertz CT molecular complexity index is 737. The number of thiazole rings is 1. The number of benzene rings is 1. The molecule has 0 atom stereocenters. The van der Waals surface area contributed by atoms with Gasteiger partial charge in [-0.25, -0.2) is 22.1 Å². The van der Waals surface area contributed by atoms with Gasteiger partial charge in [0.25, 0.3) is 10.0 Å². The lowest BCUT2D eigenvalue weighted by molar-refractivity contribution is 0.431. The Kier molecular flexibility index (Phi) is 3.94. The summed E-state index contributed by atoms with van der Waals surface area (Å²) in [6, 6.07) is 2.99. The summed E-state index contributed by atoms with van der Waals surface area (Å²) in [6.07, 6.45) is 1.51. The molecule has 0 aliphatic heterocycles. The van der Waals surface area contributed by atoms with Crippen molar-refractivity contribution < 1.29 is 17.9 Å². The van der Waals surface area contributed by atoms with Gasteiger partial charge in [-0.05, 0) is 39.0 Å². The average molecular weight is 330 g/mol. The van der Waals surface area contributed by atoms with E-state index in [9.17, 15) is 17.9 Å². The minimum atomic E-state index is -3.99. The maximum absolute atomic E-state index is 13.5. The van der Waals surface area contributed by atoms with Crippen LogP contribution in [0.15, 0.2) is 34.7 Å². The zero-order valence-corrected chi connectivity index (χ0v) is 13.4. The average Bonchev–Trinajstić information content (AvgIpc) is 2.83. The fourth-order valence-electron chi connectivity index (χ4n) is 1.82. The standard InChI is InChI=1S/C13H15FN2O3S2/c1-13(2,3)16(12-15-6-7-20-12)21(18,19)9-4-5-11(17)10(14)8-9/h4-8,17H,1-3H3. The molecule has 0 spiro atoms. The molecular formula is C13H15FN2O3S2. The van der Waals surface area contributed by atoms with E-state index in [0.29, 0.717) is 5.13 Å². The van der Waals surface area contributed by atoms with Crippen LogP contribution in [0.5, 0.6) is 5.75 Å². The van der Waals surface area contributed by atoms with E-state index in [4.69, 9.17) is 0 Å². The highest BCUT2D eigenvalue weighted by atomic mass is 32.2. The summed E-state index contributed by atoms with van der Waals surface area (Å²) < 4.78 is 40.2.